The van der Waals surface area contributed by atoms with Gasteiger partial charge in [0.25, 0.3) is 0 Å². The zero-order valence-electron chi connectivity index (χ0n) is 19.3. The van der Waals surface area contributed by atoms with Crippen molar-refractivity contribution in [1.82, 2.24) is 5.32 Å². The maximum atomic E-state index is 12.6. The number of esters is 1. The smallest absolute Gasteiger partial charge is 0.408 e. The molecule has 0 saturated heterocycles. The number of aliphatic carboxylic acids is 1. The van der Waals surface area contributed by atoms with Gasteiger partial charge in [0.05, 0.1) is 6.61 Å². The minimum atomic E-state index is -0.906. The van der Waals surface area contributed by atoms with Gasteiger partial charge in [-0.1, -0.05) is 12.1 Å². The van der Waals surface area contributed by atoms with Crippen LogP contribution in [0.5, 0.6) is 5.75 Å². The van der Waals surface area contributed by atoms with Crippen molar-refractivity contribution in [3.63, 3.8) is 0 Å². The highest BCUT2D eigenvalue weighted by Gasteiger charge is 2.28. The summed E-state index contributed by atoms with van der Waals surface area (Å²) in [7, 11) is 0. The predicted molar refractivity (Wildman–Crippen MR) is 116 cm³/mol. The second kappa shape index (κ2) is 11.6. The number of carbonyl (C=O) groups is 3. The summed E-state index contributed by atoms with van der Waals surface area (Å²) in [4.78, 5) is 35.3. The molecule has 0 heterocycles. The number of hydrogen-bond donors (Lipinski definition) is 2. The molecule has 0 unspecified atom stereocenters. The number of hydrogen-bond acceptors (Lipinski definition) is 6. The van der Waals surface area contributed by atoms with Crippen LogP contribution in [-0.4, -0.2) is 47.0 Å². The Hall–Kier alpha value is -2.77. The van der Waals surface area contributed by atoms with Gasteiger partial charge in [0, 0.05) is 12.8 Å². The molecule has 0 aliphatic rings. The summed E-state index contributed by atoms with van der Waals surface area (Å²) in [5.74, 6) is -0.714. The second-order valence-corrected chi connectivity index (χ2v) is 9.28. The summed E-state index contributed by atoms with van der Waals surface area (Å²) < 4.78 is 16.3. The van der Waals surface area contributed by atoms with Crippen LogP contribution in [-0.2, 0) is 25.5 Å². The molecule has 174 valence electrons. The monoisotopic (exact) mass is 437 g/mol. The topological polar surface area (TPSA) is 111 Å². The molecular weight excluding hydrogens is 402 g/mol. The molecule has 1 aromatic rings. The molecule has 1 atom stereocenters. The maximum absolute atomic E-state index is 12.6. The highest BCUT2D eigenvalue weighted by Crippen LogP contribution is 2.17. The SMILES string of the molecule is CC(C)(C)OC(=O)N[C@@H](Cc1ccc(OCCCCC(=O)O)cc1)C(=O)OC(C)(C)C. The van der Waals surface area contributed by atoms with Gasteiger partial charge in [0.2, 0.25) is 0 Å². The molecule has 0 bridgehead atoms. The van der Waals surface area contributed by atoms with Gasteiger partial charge < -0.3 is 24.6 Å². The van der Waals surface area contributed by atoms with Crippen molar-refractivity contribution >= 4 is 18.0 Å². The molecule has 0 spiro atoms. The number of ether oxygens (including phenoxy) is 3. The number of amides is 1. The van der Waals surface area contributed by atoms with Crippen LogP contribution in [0.25, 0.3) is 0 Å². The first-order valence-corrected chi connectivity index (χ1v) is 10.4. The number of alkyl carbamates (subject to hydrolysis) is 1. The first-order valence-electron chi connectivity index (χ1n) is 10.4. The predicted octanol–water partition coefficient (Wildman–Crippen LogP) is 4.10. The van der Waals surface area contributed by atoms with Gasteiger partial charge in [-0.05, 0) is 72.1 Å². The standard InChI is InChI=1S/C23H35NO7/c1-22(2,3)30-20(27)18(24-21(28)31-23(4,5)6)15-16-10-12-17(13-11-16)29-14-8-7-9-19(25)26/h10-13,18H,7-9,14-15H2,1-6H3,(H,24,28)(H,25,26)/t18-/m0/s1. The third-order valence-electron chi connectivity index (χ3n) is 3.80. The lowest BCUT2D eigenvalue weighted by molar-refractivity contribution is -0.157. The summed E-state index contributed by atoms with van der Waals surface area (Å²) in [6.07, 6.45) is 0.867. The van der Waals surface area contributed by atoms with Crippen molar-refractivity contribution < 1.29 is 33.7 Å². The van der Waals surface area contributed by atoms with Crippen LogP contribution < -0.4 is 10.1 Å². The largest absolute Gasteiger partial charge is 0.494 e. The van der Waals surface area contributed by atoms with Gasteiger partial charge in [-0.25, -0.2) is 9.59 Å². The number of unbranched alkanes of at least 4 members (excludes halogenated alkanes) is 1. The first kappa shape index (κ1) is 26.3. The molecule has 2 N–H and O–H groups in total. The molecule has 0 radical (unpaired) electrons. The van der Waals surface area contributed by atoms with E-state index < -0.39 is 35.3 Å². The number of nitrogens with one attached hydrogen (secondary N) is 1. The number of carboxylic acids is 1. The van der Waals surface area contributed by atoms with Gasteiger partial charge in [0.1, 0.15) is 23.0 Å². The molecular formula is C23H35NO7. The highest BCUT2D eigenvalue weighted by atomic mass is 16.6. The fourth-order valence-electron chi connectivity index (χ4n) is 2.54. The lowest BCUT2D eigenvalue weighted by atomic mass is 10.1. The Labute approximate surface area is 184 Å². The molecule has 0 aliphatic heterocycles. The Bertz CT molecular complexity index is 730. The molecule has 8 heteroatoms. The summed E-state index contributed by atoms with van der Waals surface area (Å²) in [5.41, 5.74) is -0.569. The zero-order valence-corrected chi connectivity index (χ0v) is 19.3. The number of carboxylic acid groups (broad SMARTS) is 1. The fraction of sp³-hybridized carbons (Fsp3) is 0.609. The molecule has 1 rings (SSSR count). The lowest BCUT2D eigenvalue weighted by Crippen LogP contribution is -2.47. The lowest BCUT2D eigenvalue weighted by Gasteiger charge is -2.26. The van der Waals surface area contributed by atoms with Crippen molar-refractivity contribution in [2.24, 2.45) is 0 Å². The average molecular weight is 438 g/mol. The van der Waals surface area contributed by atoms with Crippen molar-refractivity contribution in [2.45, 2.75) is 84.5 Å². The molecule has 0 saturated carbocycles. The van der Waals surface area contributed by atoms with Crippen molar-refractivity contribution in [3.8, 4) is 5.75 Å². The minimum Gasteiger partial charge on any atom is -0.494 e. The van der Waals surface area contributed by atoms with Crippen LogP contribution in [0.1, 0.15) is 66.4 Å². The fourth-order valence-corrected chi connectivity index (χ4v) is 2.54. The van der Waals surface area contributed by atoms with E-state index in [1.54, 1.807) is 65.8 Å². The van der Waals surface area contributed by atoms with E-state index in [9.17, 15) is 14.4 Å². The summed E-state index contributed by atoms with van der Waals surface area (Å²) in [6, 6.07) is 6.25. The van der Waals surface area contributed by atoms with Crippen molar-refractivity contribution in [3.05, 3.63) is 29.8 Å². The van der Waals surface area contributed by atoms with Crippen molar-refractivity contribution in [1.29, 1.82) is 0 Å². The molecule has 31 heavy (non-hydrogen) atoms. The average Bonchev–Trinajstić information content (AvgIpc) is 2.59. The van der Waals surface area contributed by atoms with Gasteiger partial charge in [-0.15, -0.1) is 0 Å². The molecule has 0 fully saturated rings. The second-order valence-electron chi connectivity index (χ2n) is 9.28. The molecule has 1 aromatic carbocycles. The molecule has 0 aliphatic carbocycles. The maximum Gasteiger partial charge on any atom is 0.408 e. The zero-order chi connectivity index (χ0) is 23.7. The van der Waals surface area contributed by atoms with Crippen LogP contribution in [0.4, 0.5) is 4.79 Å². The van der Waals surface area contributed by atoms with Gasteiger partial charge in [-0.2, -0.15) is 0 Å². The number of carbonyl (C=O) groups excluding carboxylic acids is 2. The summed E-state index contributed by atoms with van der Waals surface area (Å²) in [5, 5.41) is 11.2. The van der Waals surface area contributed by atoms with E-state index in [2.05, 4.69) is 5.32 Å². The Balaban J connectivity index is 2.73. The van der Waals surface area contributed by atoms with Gasteiger partial charge in [0.15, 0.2) is 0 Å². The van der Waals surface area contributed by atoms with Gasteiger partial charge >= 0.3 is 18.0 Å². The summed E-state index contributed by atoms with van der Waals surface area (Å²) >= 11 is 0. The highest BCUT2D eigenvalue weighted by molar-refractivity contribution is 5.82. The Morgan fingerprint density at radius 2 is 1.52 bits per heavy atom. The third-order valence-corrected chi connectivity index (χ3v) is 3.80. The normalized spacial score (nSPS) is 12.6. The first-order chi connectivity index (χ1) is 14.2. The Morgan fingerprint density at radius 1 is 0.935 bits per heavy atom. The van der Waals surface area contributed by atoms with E-state index in [4.69, 9.17) is 19.3 Å². The Kier molecular flexibility index (Phi) is 9.81. The summed E-state index contributed by atoms with van der Waals surface area (Å²) in [6.45, 7) is 10.9. The van der Waals surface area contributed by atoms with Crippen LogP contribution in [0, 0.1) is 0 Å². The number of benzene rings is 1. The van der Waals surface area contributed by atoms with Crippen LogP contribution in [0.3, 0.4) is 0 Å². The van der Waals surface area contributed by atoms with E-state index in [1.165, 1.54) is 0 Å². The van der Waals surface area contributed by atoms with Crippen LogP contribution in [0.2, 0.25) is 0 Å². The minimum absolute atomic E-state index is 0.124. The van der Waals surface area contributed by atoms with E-state index in [0.29, 0.717) is 25.2 Å². The van der Waals surface area contributed by atoms with Gasteiger partial charge in [-0.3, -0.25) is 4.79 Å². The van der Waals surface area contributed by atoms with Crippen LogP contribution >= 0.6 is 0 Å². The van der Waals surface area contributed by atoms with E-state index in [1.807, 2.05) is 0 Å². The number of rotatable bonds is 10. The third kappa shape index (κ3) is 12.5. The molecule has 1 amide bonds. The van der Waals surface area contributed by atoms with Crippen molar-refractivity contribution in [2.75, 3.05) is 6.61 Å². The molecule has 8 nitrogen and oxygen atoms in total. The molecule has 0 aromatic heterocycles. The quantitative estimate of drug-likeness (QED) is 0.419. The van der Waals surface area contributed by atoms with Crippen LogP contribution in [0.15, 0.2) is 24.3 Å². The Morgan fingerprint density at radius 3 is 2.03 bits per heavy atom. The van der Waals surface area contributed by atoms with E-state index in [-0.39, 0.29) is 12.8 Å². The van der Waals surface area contributed by atoms with E-state index in [0.717, 1.165) is 5.56 Å². The van der Waals surface area contributed by atoms with E-state index >= 15 is 0 Å².